The third kappa shape index (κ3) is 14.9. The molecule has 4 unspecified atom stereocenters. The van der Waals surface area contributed by atoms with Crippen molar-refractivity contribution < 1.29 is 79.4 Å². The van der Waals surface area contributed by atoms with Crippen LogP contribution in [0.25, 0.3) is 0 Å². The van der Waals surface area contributed by atoms with Gasteiger partial charge >= 0.3 is 29.6 Å². The van der Waals surface area contributed by atoms with Crippen LogP contribution < -0.4 is 34.5 Å². The van der Waals surface area contributed by atoms with E-state index in [1.165, 1.54) is 0 Å². The van der Waals surface area contributed by atoms with Crippen molar-refractivity contribution in [2.24, 2.45) is 0 Å². The molecule has 0 amide bonds. The standard InChI is InChI=1S/C6H14O6.Na.H3O4P/c7-1-3(9)5(11)6(12)4(10)2-8;;1-5(2,3)4/h3-12H,1-2H2;;(H3,1,2,3,4)/q;+1;/p-1. The molecule has 12 heteroatoms. The molecule has 0 rings (SSSR count). The molecule has 0 spiro atoms. The predicted octanol–water partition coefficient (Wildman–Crippen LogP) is -8.14. The van der Waals surface area contributed by atoms with Crippen molar-refractivity contribution in [2.75, 3.05) is 13.2 Å². The van der Waals surface area contributed by atoms with Crippen LogP contribution in [0.1, 0.15) is 0 Å². The first-order valence-electron chi connectivity index (χ1n) is 4.25. The molecule has 0 aromatic rings. The molecular formula is C6H16NaO10P. The van der Waals surface area contributed by atoms with Crippen LogP contribution in [-0.2, 0) is 4.57 Å². The van der Waals surface area contributed by atoms with Crippen molar-refractivity contribution in [1.82, 2.24) is 0 Å². The van der Waals surface area contributed by atoms with Crippen LogP contribution in [-0.4, -0.2) is 78.1 Å². The summed E-state index contributed by atoms with van der Waals surface area (Å²) in [6.07, 6.45) is -6.39. The number of hydrogen-bond donors (Lipinski definition) is 8. The Kier molecular flexibility index (Phi) is 15.5. The third-order valence-corrected chi connectivity index (χ3v) is 1.51. The molecule has 0 saturated carbocycles. The quantitative estimate of drug-likeness (QED) is 0.178. The summed E-state index contributed by atoms with van der Waals surface area (Å²) in [6, 6.07) is 0. The van der Waals surface area contributed by atoms with Crippen LogP contribution in [0.5, 0.6) is 0 Å². The summed E-state index contributed by atoms with van der Waals surface area (Å²) in [6.45, 7) is -1.45. The SMILES string of the molecule is O=P([O-])(O)O.OCC(O)C(O)C(O)C(O)CO.[Na+]. The Hall–Kier alpha value is 0.870. The molecule has 0 aliphatic rings. The molecule has 0 fully saturated rings. The zero-order valence-corrected chi connectivity index (χ0v) is 12.5. The Balaban J connectivity index is -0.000000321. The first-order chi connectivity index (χ1) is 7.54. The number of phosphoric acid groups is 1. The normalized spacial score (nSPS) is 17.6. The molecule has 18 heavy (non-hydrogen) atoms. The molecule has 0 radical (unpaired) electrons. The minimum Gasteiger partial charge on any atom is -0.756 e. The molecule has 106 valence electrons. The maximum atomic E-state index is 8.96. The van der Waals surface area contributed by atoms with Gasteiger partial charge in [-0.2, -0.15) is 0 Å². The van der Waals surface area contributed by atoms with Crippen LogP contribution in [0.3, 0.4) is 0 Å². The Morgan fingerprint density at radius 2 is 1.06 bits per heavy atom. The van der Waals surface area contributed by atoms with Crippen LogP contribution in [0.15, 0.2) is 0 Å². The molecule has 0 heterocycles. The second-order valence-corrected chi connectivity index (χ2v) is 3.95. The zero-order chi connectivity index (χ0) is 14.2. The van der Waals surface area contributed by atoms with E-state index in [0.29, 0.717) is 0 Å². The van der Waals surface area contributed by atoms with Crippen molar-refractivity contribution in [3.05, 3.63) is 0 Å². The number of aliphatic hydroxyl groups is 6. The van der Waals surface area contributed by atoms with Crippen LogP contribution in [0.4, 0.5) is 0 Å². The van der Waals surface area contributed by atoms with Gasteiger partial charge in [-0.15, -0.1) is 0 Å². The average Bonchev–Trinajstić information content (AvgIpc) is 2.22. The van der Waals surface area contributed by atoms with Crippen molar-refractivity contribution in [3.8, 4) is 0 Å². The molecule has 0 bridgehead atoms. The largest absolute Gasteiger partial charge is 1.00 e. The predicted molar refractivity (Wildman–Crippen MR) is 50.2 cm³/mol. The van der Waals surface area contributed by atoms with Gasteiger partial charge in [-0.3, -0.25) is 4.57 Å². The number of rotatable bonds is 5. The van der Waals surface area contributed by atoms with E-state index in [-0.39, 0.29) is 29.6 Å². The molecule has 0 aromatic heterocycles. The van der Waals surface area contributed by atoms with Crippen LogP contribution >= 0.6 is 7.82 Å². The zero-order valence-electron chi connectivity index (χ0n) is 9.57. The molecule has 4 atom stereocenters. The molecule has 0 saturated heterocycles. The van der Waals surface area contributed by atoms with E-state index < -0.39 is 45.5 Å². The van der Waals surface area contributed by atoms with E-state index in [2.05, 4.69) is 0 Å². The Bertz CT molecular complexity index is 212. The van der Waals surface area contributed by atoms with Gasteiger partial charge in [0.1, 0.15) is 24.4 Å². The smallest absolute Gasteiger partial charge is 0.756 e. The fourth-order valence-electron chi connectivity index (χ4n) is 0.671. The average molecular weight is 302 g/mol. The summed E-state index contributed by atoms with van der Waals surface area (Å²) < 4.78 is 8.77. The molecule has 0 aliphatic heterocycles. The van der Waals surface area contributed by atoms with Crippen LogP contribution in [0.2, 0.25) is 0 Å². The van der Waals surface area contributed by atoms with Gasteiger partial charge in [-0.1, -0.05) is 0 Å². The van der Waals surface area contributed by atoms with Gasteiger partial charge in [0.2, 0.25) is 0 Å². The van der Waals surface area contributed by atoms with Gasteiger partial charge in [0.15, 0.2) is 0 Å². The fourth-order valence-corrected chi connectivity index (χ4v) is 0.671. The van der Waals surface area contributed by atoms with Crippen molar-refractivity contribution in [3.63, 3.8) is 0 Å². The van der Waals surface area contributed by atoms with E-state index in [9.17, 15) is 0 Å². The molecule has 0 aromatic carbocycles. The van der Waals surface area contributed by atoms with Gasteiger partial charge in [0.25, 0.3) is 7.82 Å². The Labute approximate surface area is 125 Å². The summed E-state index contributed by atoms with van der Waals surface area (Å²) in [4.78, 5) is 22.9. The number of aliphatic hydroxyl groups excluding tert-OH is 6. The Morgan fingerprint density at radius 3 is 1.17 bits per heavy atom. The van der Waals surface area contributed by atoms with E-state index in [4.69, 9.17) is 49.9 Å². The summed E-state index contributed by atoms with van der Waals surface area (Å²) >= 11 is 0. The Morgan fingerprint density at radius 1 is 0.889 bits per heavy atom. The minimum atomic E-state index is -4.89. The maximum absolute atomic E-state index is 8.96. The van der Waals surface area contributed by atoms with Gasteiger partial charge in [-0.25, -0.2) is 0 Å². The number of hydrogen-bond acceptors (Lipinski definition) is 8. The van der Waals surface area contributed by atoms with Crippen molar-refractivity contribution in [1.29, 1.82) is 0 Å². The first kappa shape index (κ1) is 23.9. The van der Waals surface area contributed by atoms with Crippen LogP contribution in [0, 0.1) is 0 Å². The third-order valence-electron chi connectivity index (χ3n) is 1.51. The topological polar surface area (TPSA) is 202 Å². The monoisotopic (exact) mass is 302 g/mol. The molecule has 0 aliphatic carbocycles. The van der Waals surface area contributed by atoms with Gasteiger partial charge < -0.3 is 45.3 Å². The van der Waals surface area contributed by atoms with Gasteiger partial charge in [0.05, 0.1) is 13.2 Å². The van der Waals surface area contributed by atoms with E-state index in [0.717, 1.165) is 0 Å². The van der Waals surface area contributed by atoms with Crippen molar-refractivity contribution >= 4 is 7.82 Å². The second-order valence-electron chi connectivity index (χ2n) is 2.97. The minimum absolute atomic E-state index is 0. The summed E-state index contributed by atoms with van der Waals surface area (Å²) in [5, 5.41) is 52.2. The van der Waals surface area contributed by atoms with E-state index in [1.807, 2.05) is 0 Å². The summed E-state index contributed by atoms with van der Waals surface area (Å²) in [7, 11) is -4.89. The van der Waals surface area contributed by atoms with E-state index in [1.54, 1.807) is 0 Å². The van der Waals surface area contributed by atoms with Gasteiger partial charge in [-0.05, 0) is 0 Å². The van der Waals surface area contributed by atoms with Gasteiger partial charge in [0, 0.05) is 0 Å². The first-order valence-corrected chi connectivity index (χ1v) is 5.78. The fraction of sp³-hybridized carbons (Fsp3) is 1.00. The maximum Gasteiger partial charge on any atom is 1.00 e. The van der Waals surface area contributed by atoms with Crippen molar-refractivity contribution in [2.45, 2.75) is 24.4 Å². The molecule has 8 N–H and O–H groups in total. The summed E-state index contributed by atoms with van der Waals surface area (Å²) in [5.41, 5.74) is 0. The summed E-state index contributed by atoms with van der Waals surface area (Å²) in [5.74, 6) is 0. The second kappa shape index (κ2) is 11.7. The molecule has 10 nitrogen and oxygen atoms in total. The van der Waals surface area contributed by atoms with E-state index >= 15 is 0 Å². The molecular weight excluding hydrogens is 286 g/mol.